The Labute approximate surface area is 102 Å². The van der Waals surface area contributed by atoms with Crippen LogP contribution in [0.2, 0.25) is 0 Å². The second-order valence-corrected chi connectivity index (χ2v) is 4.42. The van der Waals surface area contributed by atoms with E-state index in [1.54, 1.807) is 14.2 Å². The summed E-state index contributed by atoms with van der Waals surface area (Å²) in [7, 11) is 3.35. The Hall–Kier alpha value is -1.35. The maximum atomic E-state index is 11.9. The zero-order valence-electron chi connectivity index (χ0n) is 10.3. The maximum absolute atomic E-state index is 11.9. The van der Waals surface area contributed by atoms with Gasteiger partial charge in [0.1, 0.15) is 11.5 Å². The largest absolute Gasteiger partial charge is 0.497 e. The van der Waals surface area contributed by atoms with E-state index >= 15 is 0 Å². The Balaban J connectivity index is 2.15. The maximum Gasteiger partial charge on any atom is 0.140 e. The summed E-state index contributed by atoms with van der Waals surface area (Å²) in [6.07, 6.45) is 2.47. The molecule has 1 aliphatic rings. The fraction of sp³-hybridized carbons (Fsp3) is 0.500. The summed E-state index contributed by atoms with van der Waals surface area (Å²) in [6, 6.07) is 7.75. The van der Waals surface area contributed by atoms with Gasteiger partial charge in [0.25, 0.3) is 0 Å². The fourth-order valence-corrected chi connectivity index (χ4v) is 2.36. The molecule has 2 unspecified atom stereocenters. The van der Waals surface area contributed by atoms with Crippen LogP contribution < -0.4 is 4.74 Å². The normalized spacial score (nSPS) is 24.7. The molecule has 0 N–H and O–H groups in total. The van der Waals surface area contributed by atoms with E-state index in [9.17, 15) is 4.79 Å². The second-order valence-electron chi connectivity index (χ2n) is 4.42. The molecular formula is C14H18O3. The highest BCUT2D eigenvalue weighted by Gasteiger charge is 2.29. The Bertz CT molecular complexity index is 383. The minimum atomic E-state index is -0.0143. The van der Waals surface area contributed by atoms with Gasteiger partial charge >= 0.3 is 0 Å². The summed E-state index contributed by atoms with van der Waals surface area (Å²) < 4.78 is 10.5. The van der Waals surface area contributed by atoms with Crippen molar-refractivity contribution < 1.29 is 14.3 Å². The zero-order chi connectivity index (χ0) is 12.3. The fourth-order valence-electron chi connectivity index (χ4n) is 2.36. The van der Waals surface area contributed by atoms with Crippen molar-refractivity contribution in [3.05, 3.63) is 29.8 Å². The van der Waals surface area contributed by atoms with Crippen molar-refractivity contribution in [2.24, 2.45) is 0 Å². The van der Waals surface area contributed by atoms with Gasteiger partial charge in [-0.3, -0.25) is 4.79 Å². The first-order chi connectivity index (χ1) is 8.24. The Kier molecular flexibility index (Phi) is 3.79. The molecule has 1 aromatic rings. The van der Waals surface area contributed by atoms with E-state index in [1.807, 2.05) is 24.3 Å². The van der Waals surface area contributed by atoms with Gasteiger partial charge in [-0.1, -0.05) is 12.1 Å². The topological polar surface area (TPSA) is 35.5 Å². The monoisotopic (exact) mass is 234 g/mol. The minimum absolute atomic E-state index is 0.0143. The molecule has 2 rings (SSSR count). The molecule has 0 saturated heterocycles. The van der Waals surface area contributed by atoms with Gasteiger partial charge in [0.2, 0.25) is 0 Å². The molecule has 0 aromatic heterocycles. The third-order valence-corrected chi connectivity index (χ3v) is 3.45. The number of methoxy groups -OCH3 is 2. The van der Waals surface area contributed by atoms with Crippen molar-refractivity contribution in [2.45, 2.75) is 31.3 Å². The molecule has 2 atom stereocenters. The molecule has 3 nitrogen and oxygen atoms in total. The van der Waals surface area contributed by atoms with Crippen LogP contribution >= 0.6 is 0 Å². The van der Waals surface area contributed by atoms with Gasteiger partial charge in [-0.05, 0) is 30.5 Å². The van der Waals surface area contributed by atoms with Crippen molar-refractivity contribution in [1.29, 1.82) is 0 Å². The van der Waals surface area contributed by atoms with Crippen LogP contribution in [0.1, 0.15) is 30.7 Å². The number of hydrogen-bond donors (Lipinski definition) is 0. The van der Waals surface area contributed by atoms with Crippen LogP contribution in [0.5, 0.6) is 5.75 Å². The van der Waals surface area contributed by atoms with Gasteiger partial charge < -0.3 is 9.47 Å². The van der Waals surface area contributed by atoms with Crippen LogP contribution in [-0.4, -0.2) is 26.1 Å². The highest BCUT2D eigenvalue weighted by Crippen LogP contribution is 2.32. The molecular weight excluding hydrogens is 216 g/mol. The minimum Gasteiger partial charge on any atom is -0.497 e. The van der Waals surface area contributed by atoms with E-state index in [1.165, 1.54) is 0 Å². The molecule has 0 spiro atoms. The van der Waals surface area contributed by atoms with Gasteiger partial charge in [-0.25, -0.2) is 0 Å². The molecule has 1 saturated carbocycles. The van der Waals surface area contributed by atoms with Crippen LogP contribution in [0.15, 0.2) is 24.3 Å². The van der Waals surface area contributed by atoms with E-state index in [0.29, 0.717) is 12.2 Å². The van der Waals surface area contributed by atoms with Gasteiger partial charge in [0, 0.05) is 19.4 Å². The Morgan fingerprint density at radius 2 is 1.88 bits per heavy atom. The molecule has 17 heavy (non-hydrogen) atoms. The van der Waals surface area contributed by atoms with Crippen LogP contribution in [-0.2, 0) is 9.53 Å². The van der Waals surface area contributed by atoms with Gasteiger partial charge in [0.05, 0.1) is 13.2 Å². The van der Waals surface area contributed by atoms with E-state index in [-0.39, 0.29) is 12.0 Å². The molecule has 0 aliphatic heterocycles. The summed E-state index contributed by atoms with van der Waals surface area (Å²) in [4.78, 5) is 11.9. The average molecular weight is 234 g/mol. The number of benzene rings is 1. The predicted octanol–water partition coefficient (Wildman–Crippen LogP) is 2.55. The van der Waals surface area contributed by atoms with Gasteiger partial charge in [-0.2, -0.15) is 0 Å². The Morgan fingerprint density at radius 1 is 1.18 bits per heavy atom. The molecule has 0 heterocycles. The number of ether oxygens (including phenoxy) is 2. The summed E-state index contributed by atoms with van der Waals surface area (Å²) in [5.41, 5.74) is 1.07. The molecule has 3 heteroatoms. The number of Topliss-reactive ketones (excluding diaryl/α,β-unsaturated/α-hetero) is 1. The van der Waals surface area contributed by atoms with E-state index < -0.39 is 0 Å². The lowest BCUT2D eigenvalue weighted by molar-refractivity contribution is -0.124. The molecule has 92 valence electrons. The third kappa shape index (κ3) is 2.67. The number of hydrogen-bond acceptors (Lipinski definition) is 3. The van der Waals surface area contributed by atoms with Crippen LogP contribution in [0.3, 0.4) is 0 Å². The lowest BCUT2D eigenvalue weighted by Gasteiger charge is -2.27. The third-order valence-electron chi connectivity index (χ3n) is 3.45. The Morgan fingerprint density at radius 3 is 2.47 bits per heavy atom. The number of carbonyl (C=O) groups excluding carboxylic acids is 1. The average Bonchev–Trinajstić information content (AvgIpc) is 2.39. The summed E-state index contributed by atoms with van der Waals surface area (Å²) >= 11 is 0. The molecule has 0 radical (unpaired) electrons. The van der Waals surface area contributed by atoms with Crippen LogP contribution in [0.25, 0.3) is 0 Å². The lowest BCUT2D eigenvalue weighted by atomic mass is 9.81. The SMILES string of the molecule is COc1ccc(C2CC(OC)CCC2=O)cc1. The van der Waals surface area contributed by atoms with Crippen molar-refractivity contribution in [3.8, 4) is 5.75 Å². The van der Waals surface area contributed by atoms with Crippen LogP contribution in [0, 0.1) is 0 Å². The highest BCUT2D eigenvalue weighted by molar-refractivity contribution is 5.86. The van der Waals surface area contributed by atoms with Crippen LogP contribution in [0.4, 0.5) is 0 Å². The number of rotatable bonds is 3. The van der Waals surface area contributed by atoms with Crippen molar-refractivity contribution in [3.63, 3.8) is 0 Å². The van der Waals surface area contributed by atoms with Gasteiger partial charge in [-0.15, -0.1) is 0 Å². The van der Waals surface area contributed by atoms with Crippen molar-refractivity contribution in [1.82, 2.24) is 0 Å². The number of ketones is 1. The first-order valence-electron chi connectivity index (χ1n) is 5.94. The standard InChI is InChI=1S/C14H18O3/c1-16-11-5-3-10(4-6-11)13-9-12(17-2)7-8-14(13)15/h3-6,12-13H,7-9H2,1-2H3. The molecule has 0 amide bonds. The van der Waals surface area contributed by atoms with Gasteiger partial charge in [0.15, 0.2) is 0 Å². The van der Waals surface area contributed by atoms with E-state index in [2.05, 4.69) is 0 Å². The zero-order valence-corrected chi connectivity index (χ0v) is 10.3. The molecule has 0 bridgehead atoms. The summed E-state index contributed by atoms with van der Waals surface area (Å²) in [6.45, 7) is 0. The van der Waals surface area contributed by atoms with E-state index in [0.717, 1.165) is 24.2 Å². The second kappa shape index (κ2) is 5.32. The molecule has 1 aromatic carbocycles. The van der Waals surface area contributed by atoms with E-state index in [4.69, 9.17) is 9.47 Å². The smallest absolute Gasteiger partial charge is 0.140 e. The molecule has 1 fully saturated rings. The first-order valence-corrected chi connectivity index (χ1v) is 5.94. The summed E-state index contributed by atoms with van der Waals surface area (Å²) in [5, 5.41) is 0. The number of carbonyl (C=O) groups is 1. The summed E-state index contributed by atoms with van der Waals surface area (Å²) in [5.74, 6) is 1.13. The predicted molar refractivity (Wildman–Crippen MR) is 65.4 cm³/mol. The van der Waals surface area contributed by atoms with Crippen molar-refractivity contribution in [2.75, 3.05) is 14.2 Å². The highest BCUT2D eigenvalue weighted by atomic mass is 16.5. The molecule has 1 aliphatic carbocycles. The van der Waals surface area contributed by atoms with Crippen molar-refractivity contribution >= 4 is 5.78 Å². The first kappa shape index (κ1) is 12.1. The quantitative estimate of drug-likeness (QED) is 0.806. The lowest BCUT2D eigenvalue weighted by Crippen LogP contribution is -2.27.